The van der Waals surface area contributed by atoms with E-state index in [1.54, 1.807) is 0 Å². The Bertz CT molecular complexity index is 782. The van der Waals surface area contributed by atoms with Gasteiger partial charge in [-0.2, -0.15) is 13.2 Å². The van der Waals surface area contributed by atoms with E-state index < -0.39 is 41.7 Å². The second kappa shape index (κ2) is 7.10. The molecule has 3 rings (SSSR count). The van der Waals surface area contributed by atoms with Crippen LogP contribution in [0.2, 0.25) is 0 Å². The number of imide groups is 1. The Hall–Kier alpha value is -2.58. The van der Waals surface area contributed by atoms with E-state index in [1.807, 2.05) is 13.8 Å². The van der Waals surface area contributed by atoms with Gasteiger partial charge in [-0.15, -0.1) is 0 Å². The highest BCUT2D eigenvalue weighted by Gasteiger charge is 2.58. The molecular weight excluding hydrogens is 375 g/mol. The van der Waals surface area contributed by atoms with Crippen molar-refractivity contribution in [1.29, 1.82) is 0 Å². The van der Waals surface area contributed by atoms with Gasteiger partial charge in [0.05, 0.1) is 5.56 Å². The molecule has 152 valence electrons. The number of urea groups is 1. The molecular formula is C19H22F3N3O3. The van der Waals surface area contributed by atoms with E-state index in [1.165, 1.54) is 0 Å². The summed E-state index contributed by atoms with van der Waals surface area (Å²) in [4.78, 5) is 38.5. The molecule has 2 N–H and O–H groups in total. The van der Waals surface area contributed by atoms with Crippen molar-refractivity contribution in [2.24, 2.45) is 11.8 Å². The van der Waals surface area contributed by atoms with E-state index in [-0.39, 0.29) is 17.5 Å². The van der Waals surface area contributed by atoms with Gasteiger partial charge in [0.2, 0.25) is 5.91 Å². The summed E-state index contributed by atoms with van der Waals surface area (Å²) in [5.74, 6) is -1.16. The van der Waals surface area contributed by atoms with Gasteiger partial charge in [-0.25, -0.2) is 4.79 Å². The fourth-order valence-electron chi connectivity index (χ4n) is 4.18. The van der Waals surface area contributed by atoms with E-state index >= 15 is 0 Å². The summed E-state index contributed by atoms with van der Waals surface area (Å²) in [6.45, 7) is 3.34. The predicted octanol–water partition coefficient (Wildman–Crippen LogP) is 3.39. The molecule has 4 amide bonds. The third kappa shape index (κ3) is 3.45. The van der Waals surface area contributed by atoms with Gasteiger partial charge in [0.25, 0.3) is 5.91 Å². The monoisotopic (exact) mass is 397 g/mol. The van der Waals surface area contributed by atoms with Gasteiger partial charge >= 0.3 is 12.2 Å². The zero-order chi connectivity index (χ0) is 20.7. The van der Waals surface area contributed by atoms with Crippen LogP contribution in [0.25, 0.3) is 0 Å². The minimum atomic E-state index is -4.47. The quantitative estimate of drug-likeness (QED) is 0.768. The molecule has 0 aromatic heterocycles. The fraction of sp³-hybridized carbons (Fsp3) is 0.526. The van der Waals surface area contributed by atoms with Gasteiger partial charge in [0, 0.05) is 5.69 Å². The van der Waals surface area contributed by atoms with Crippen molar-refractivity contribution in [1.82, 2.24) is 10.2 Å². The lowest BCUT2D eigenvalue weighted by molar-refractivity contribution is -0.138. The topological polar surface area (TPSA) is 78.5 Å². The first-order valence-electron chi connectivity index (χ1n) is 9.17. The number of halogens is 3. The van der Waals surface area contributed by atoms with Gasteiger partial charge in [-0.05, 0) is 48.9 Å². The molecule has 1 aromatic carbocycles. The summed E-state index contributed by atoms with van der Waals surface area (Å²) < 4.78 is 37.8. The van der Waals surface area contributed by atoms with Crippen molar-refractivity contribution in [3.63, 3.8) is 0 Å². The lowest BCUT2D eigenvalue weighted by Crippen LogP contribution is -2.59. The fourth-order valence-corrected chi connectivity index (χ4v) is 4.18. The van der Waals surface area contributed by atoms with Crippen molar-refractivity contribution in [2.75, 3.05) is 11.9 Å². The first kappa shape index (κ1) is 20.2. The minimum absolute atomic E-state index is 0.0457. The second-order valence-corrected chi connectivity index (χ2v) is 7.55. The lowest BCUT2D eigenvalue weighted by Gasteiger charge is -2.42. The Labute approximate surface area is 160 Å². The number of amides is 4. The van der Waals surface area contributed by atoms with Crippen LogP contribution in [0.3, 0.4) is 0 Å². The maximum atomic E-state index is 13.0. The first-order chi connectivity index (χ1) is 13.1. The van der Waals surface area contributed by atoms with Crippen LogP contribution in [-0.4, -0.2) is 34.8 Å². The number of benzene rings is 1. The highest BCUT2D eigenvalue weighted by molar-refractivity contribution is 6.10. The van der Waals surface area contributed by atoms with Crippen LogP contribution < -0.4 is 10.6 Å². The standard InChI is InChI=1S/C19H22F3N3O3/c1-11-4-3-5-12(2)18(11)16(27)25(17(28)24-18)10-15(26)23-14-8-6-13(7-9-14)19(20,21)22/h6-9,11-12H,3-5,10H2,1-2H3,(H,23,26)(H,24,28). The molecule has 2 fully saturated rings. The van der Waals surface area contributed by atoms with Crippen LogP contribution in [0.5, 0.6) is 0 Å². The summed E-state index contributed by atoms with van der Waals surface area (Å²) in [5, 5.41) is 5.22. The number of anilines is 1. The average Bonchev–Trinajstić information content (AvgIpc) is 2.85. The van der Waals surface area contributed by atoms with Gasteiger partial charge < -0.3 is 10.6 Å². The molecule has 1 saturated heterocycles. The summed E-state index contributed by atoms with van der Waals surface area (Å²) in [7, 11) is 0. The molecule has 2 unspecified atom stereocenters. The predicted molar refractivity (Wildman–Crippen MR) is 95.2 cm³/mol. The van der Waals surface area contributed by atoms with Crippen LogP contribution in [0.15, 0.2) is 24.3 Å². The zero-order valence-electron chi connectivity index (χ0n) is 15.6. The van der Waals surface area contributed by atoms with E-state index in [2.05, 4.69) is 10.6 Å². The van der Waals surface area contributed by atoms with E-state index in [9.17, 15) is 27.6 Å². The summed E-state index contributed by atoms with van der Waals surface area (Å²) in [6, 6.07) is 3.33. The maximum absolute atomic E-state index is 13.0. The number of carbonyl (C=O) groups is 3. The lowest BCUT2D eigenvalue weighted by atomic mass is 9.67. The number of nitrogens with one attached hydrogen (secondary N) is 2. The third-order valence-electron chi connectivity index (χ3n) is 5.78. The van der Waals surface area contributed by atoms with Gasteiger partial charge in [-0.3, -0.25) is 14.5 Å². The highest BCUT2D eigenvalue weighted by atomic mass is 19.4. The van der Waals surface area contributed by atoms with Gasteiger partial charge in [0.15, 0.2) is 0 Å². The largest absolute Gasteiger partial charge is 0.416 e. The third-order valence-corrected chi connectivity index (χ3v) is 5.78. The van der Waals surface area contributed by atoms with E-state index in [0.717, 1.165) is 48.4 Å². The number of hydrogen-bond acceptors (Lipinski definition) is 3. The highest BCUT2D eigenvalue weighted by Crippen LogP contribution is 2.42. The maximum Gasteiger partial charge on any atom is 0.416 e. The van der Waals surface area contributed by atoms with Gasteiger partial charge in [-0.1, -0.05) is 20.3 Å². The number of hydrogen-bond donors (Lipinski definition) is 2. The zero-order valence-corrected chi connectivity index (χ0v) is 15.6. The SMILES string of the molecule is CC1CCCC(C)C12NC(=O)N(CC(=O)Nc1ccc(C(F)(F)F)cc1)C2=O. The molecule has 1 saturated carbocycles. The number of nitrogens with zero attached hydrogens (tertiary/aromatic N) is 1. The second-order valence-electron chi connectivity index (χ2n) is 7.55. The molecule has 0 bridgehead atoms. The molecule has 1 aliphatic carbocycles. The number of carbonyl (C=O) groups excluding carboxylic acids is 3. The van der Waals surface area contributed by atoms with Crippen molar-refractivity contribution in [3.8, 4) is 0 Å². The van der Waals surface area contributed by atoms with Crippen LogP contribution in [0.1, 0.15) is 38.7 Å². The average molecular weight is 397 g/mol. The molecule has 2 aliphatic rings. The minimum Gasteiger partial charge on any atom is -0.325 e. The molecule has 1 heterocycles. The molecule has 6 nitrogen and oxygen atoms in total. The Balaban J connectivity index is 1.69. The Morgan fingerprint density at radius 1 is 1.18 bits per heavy atom. The summed E-state index contributed by atoms with van der Waals surface area (Å²) in [5.41, 5.74) is -1.68. The van der Waals surface area contributed by atoms with Crippen molar-refractivity contribution in [2.45, 2.75) is 44.8 Å². The first-order valence-corrected chi connectivity index (χ1v) is 9.17. The van der Waals surface area contributed by atoms with Crippen molar-refractivity contribution >= 4 is 23.5 Å². The normalized spacial score (nSPS) is 27.8. The molecule has 28 heavy (non-hydrogen) atoms. The smallest absolute Gasteiger partial charge is 0.325 e. The molecule has 9 heteroatoms. The molecule has 1 aliphatic heterocycles. The van der Waals surface area contributed by atoms with Crippen LogP contribution in [0, 0.1) is 11.8 Å². The Kier molecular flexibility index (Phi) is 5.12. The Morgan fingerprint density at radius 2 is 1.75 bits per heavy atom. The van der Waals surface area contributed by atoms with E-state index in [0.29, 0.717) is 0 Å². The van der Waals surface area contributed by atoms with Crippen molar-refractivity contribution < 1.29 is 27.6 Å². The summed E-state index contributed by atoms with van der Waals surface area (Å²) in [6.07, 6.45) is -1.88. The Morgan fingerprint density at radius 3 is 2.29 bits per heavy atom. The molecule has 2 atom stereocenters. The number of rotatable bonds is 3. The molecule has 0 radical (unpaired) electrons. The summed E-state index contributed by atoms with van der Waals surface area (Å²) >= 11 is 0. The van der Waals surface area contributed by atoms with Gasteiger partial charge in [0.1, 0.15) is 12.1 Å². The molecule has 1 spiro atoms. The van der Waals surface area contributed by atoms with Crippen LogP contribution in [0.4, 0.5) is 23.7 Å². The van der Waals surface area contributed by atoms with Crippen LogP contribution in [-0.2, 0) is 15.8 Å². The van der Waals surface area contributed by atoms with E-state index in [4.69, 9.17) is 0 Å². The van der Waals surface area contributed by atoms with Crippen LogP contribution >= 0.6 is 0 Å². The van der Waals surface area contributed by atoms with Crippen molar-refractivity contribution in [3.05, 3.63) is 29.8 Å². The number of alkyl halides is 3. The molecule has 1 aromatic rings.